The van der Waals surface area contributed by atoms with E-state index in [1.165, 1.54) is 148 Å². The van der Waals surface area contributed by atoms with Gasteiger partial charge in [-0.15, -0.1) is 0 Å². The van der Waals surface area contributed by atoms with Crippen LogP contribution in [-0.4, -0.2) is 46.1 Å². The third-order valence-electron chi connectivity index (χ3n) is 9.33. The molecule has 0 fully saturated rings. The quantitative estimate of drug-likeness (QED) is 0.0406. The molecule has 0 bridgehead atoms. The summed E-state index contributed by atoms with van der Waals surface area (Å²) >= 11 is 0. The predicted octanol–water partition coefficient (Wildman–Crippen LogP) is 10.9. The number of rotatable bonds is 36. The highest BCUT2D eigenvalue weighted by atomic mass is 16.3. The first kappa shape index (κ1) is 44.1. The Bertz CT molecular complexity index is 625. The highest BCUT2D eigenvalue weighted by Crippen LogP contribution is 2.15. The number of allylic oxidation sites excluding steroid dienone is 2. The number of hydrogen-bond acceptors (Lipinski definition) is 4. The summed E-state index contributed by atoms with van der Waals surface area (Å²) in [6, 6.07) is -0.655. The molecule has 1 amide bonds. The van der Waals surface area contributed by atoms with Gasteiger partial charge in [-0.05, 0) is 38.5 Å². The van der Waals surface area contributed by atoms with E-state index < -0.39 is 18.2 Å². The number of carbonyl (C=O) groups is 1. The zero-order valence-electron chi connectivity index (χ0n) is 30.3. The number of aliphatic hydroxyl groups is 3. The molecule has 5 nitrogen and oxygen atoms in total. The Labute approximate surface area is 280 Å². The lowest BCUT2D eigenvalue weighted by Gasteiger charge is -2.23. The van der Waals surface area contributed by atoms with Gasteiger partial charge in [-0.1, -0.05) is 180 Å². The van der Waals surface area contributed by atoms with Crippen molar-refractivity contribution >= 4 is 5.91 Å². The van der Waals surface area contributed by atoms with Gasteiger partial charge in [0.25, 0.3) is 0 Å². The van der Waals surface area contributed by atoms with Crippen molar-refractivity contribution < 1.29 is 20.1 Å². The van der Waals surface area contributed by atoms with Crippen LogP contribution in [0.25, 0.3) is 0 Å². The van der Waals surface area contributed by atoms with E-state index in [0.717, 1.165) is 32.1 Å². The number of hydrogen-bond donors (Lipinski definition) is 4. The smallest absolute Gasteiger partial charge is 0.222 e. The maximum absolute atomic E-state index is 12.4. The third-order valence-corrected chi connectivity index (χ3v) is 9.33. The van der Waals surface area contributed by atoms with Crippen molar-refractivity contribution in [2.75, 3.05) is 6.61 Å². The molecule has 0 aliphatic heterocycles. The summed E-state index contributed by atoms with van der Waals surface area (Å²) in [6.45, 7) is 4.23. The fourth-order valence-corrected chi connectivity index (χ4v) is 6.22. The van der Waals surface area contributed by atoms with Crippen LogP contribution in [-0.2, 0) is 4.79 Å². The molecule has 0 rings (SSSR count). The van der Waals surface area contributed by atoms with Crippen LogP contribution < -0.4 is 5.32 Å². The molecule has 0 heterocycles. The normalized spacial score (nSPS) is 13.8. The van der Waals surface area contributed by atoms with Crippen molar-refractivity contribution in [2.24, 2.45) is 0 Å². The number of amides is 1. The standard InChI is InChI=1S/C40H79NO4/c1-3-5-7-9-11-13-14-15-16-17-18-19-20-21-22-23-24-26-27-29-31-33-37(43)35-40(45)41-38(36-42)39(44)34-32-30-28-25-12-10-8-6-4-2/h21-22,37-39,42-44H,3-20,23-36H2,1-2H3,(H,41,45)/b22-21-. The molecule has 0 aliphatic carbocycles. The molecule has 0 spiro atoms. The van der Waals surface area contributed by atoms with E-state index in [1.807, 2.05) is 0 Å². The second-order valence-electron chi connectivity index (χ2n) is 13.9. The van der Waals surface area contributed by atoms with Gasteiger partial charge in [0, 0.05) is 0 Å². The minimum Gasteiger partial charge on any atom is -0.394 e. The summed E-state index contributed by atoms with van der Waals surface area (Å²) < 4.78 is 0. The van der Waals surface area contributed by atoms with Crippen LogP contribution in [0.4, 0.5) is 0 Å². The summed E-state index contributed by atoms with van der Waals surface area (Å²) in [5.74, 6) is -0.289. The third kappa shape index (κ3) is 32.8. The molecule has 0 aromatic heterocycles. The number of nitrogens with one attached hydrogen (secondary N) is 1. The lowest BCUT2D eigenvalue weighted by molar-refractivity contribution is -0.125. The highest BCUT2D eigenvalue weighted by Gasteiger charge is 2.21. The second kappa shape index (κ2) is 35.9. The summed E-state index contributed by atoms with van der Waals surface area (Å²) in [5, 5.41) is 33.1. The van der Waals surface area contributed by atoms with Gasteiger partial charge in [-0.25, -0.2) is 0 Å². The zero-order valence-corrected chi connectivity index (χ0v) is 30.3. The van der Waals surface area contributed by atoms with Crippen molar-refractivity contribution in [2.45, 2.75) is 231 Å². The molecular weight excluding hydrogens is 558 g/mol. The fourth-order valence-electron chi connectivity index (χ4n) is 6.22. The molecule has 5 heteroatoms. The molecule has 0 aliphatic rings. The summed E-state index contributed by atoms with van der Waals surface area (Å²) in [6.07, 6.45) is 40.4. The Morgan fingerprint density at radius 3 is 1.29 bits per heavy atom. The lowest BCUT2D eigenvalue weighted by atomic mass is 10.0. The Hall–Kier alpha value is -0.910. The maximum Gasteiger partial charge on any atom is 0.222 e. The van der Waals surface area contributed by atoms with Crippen LogP contribution in [0.2, 0.25) is 0 Å². The van der Waals surface area contributed by atoms with E-state index in [1.54, 1.807) is 0 Å². The SMILES string of the molecule is CCCCCCCCCCCCCC/C=C\CCCCCCCC(O)CC(=O)NC(CO)C(O)CCCCCCCCCCC. The Morgan fingerprint density at radius 1 is 0.533 bits per heavy atom. The maximum atomic E-state index is 12.4. The second-order valence-corrected chi connectivity index (χ2v) is 13.9. The van der Waals surface area contributed by atoms with E-state index in [9.17, 15) is 20.1 Å². The average molecular weight is 638 g/mol. The van der Waals surface area contributed by atoms with Gasteiger partial charge in [-0.2, -0.15) is 0 Å². The molecule has 0 aromatic rings. The van der Waals surface area contributed by atoms with E-state index in [2.05, 4.69) is 31.3 Å². The van der Waals surface area contributed by atoms with Crippen LogP contribution >= 0.6 is 0 Å². The molecule has 45 heavy (non-hydrogen) atoms. The Balaban J connectivity index is 3.59. The van der Waals surface area contributed by atoms with Crippen LogP contribution in [0.3, 0.4) is 0 Å². The van der Waals surface area contributed by atoms with Crippen LogP contribution in [0.5, 0.6) is 0 Å². The summed E-state index contributed by atoms with van der Waals surface area (Å²) in [5.41, 5.74) is 0. The van der Waals surface area contributed by atoms with Crippen LogP contribution in [0, 0.1) is 0 Å². The number of unbranched alkanes of at least 4 members (excludes halogenated alkanes) is 25. The van der Waals surface area contributed by atoms with Gasteiger partial charge in [0.1, 0.15) is 0 Å². The molecule has 3 unspecified atom stereocenters. The minimum atomic E-state index is -0.745. The largest absolute Gasteiger partial charge is 0.394 e. The molecule has 268 valence electrons. The fraction of sp³-hybridized carbons (Fsp3) is 0.925. The number of aliphatic hydroxyl groups excluding tert-OH is 3. The first-order chi connectivity index (χ1) is 22.0. The molecular formula is C40H79NO4. The van der Waals surface area contributed by atoms with Gasteiger partial charge in [0.15, 0.2) is 0 Å². The van der Waals surface area contributed by atoms with Gasteiger partial charge < -0.3 is 20.6 Å². The first-order valence-electron chi connectivity index (χ1n) is 20.0. The minimum absolute atomic E-state index is 0.0330. The van der Waals surface area contributed by atoms with Crippen molar-refractivity contribution in [3.63, 3.8) is 0 Å². The first-order valence-corrected chi connectivity index (χ1v) is 20.0. The lowest BCUT2D eigenvalue weighted by Crippen LogP contribution is -2.46. The molecule has 0 aromatic carbocycles. The number of carbonyl (C=O) groups excluding carboxylic acids is 1. The average Bonchev–Trinajstić information content (AvgIpc) is 3.03. The Morgan fingerprint density at radius 2 is 0.889 bits per heavy atom. The zero-order chi connectivity index (χ0) is 33.1. The van der Waals surface area contributed by atoms with E-state index in [0.29, 0.717) is 12.8 Å². The van der Waals surface area contributed by atoms with Crippen molar-refractivity contribution in [1.29, 1.82) is 0 Å². The molecule has 4 N–H and O–H groups in total. The predicted molar refractivity (Wildman–Crippen MR) is 195 cm³/mol. The van der Waals surface area contributed by atoms with Gasteiger partial charge in [0.2, 0.25) is 5.91 Å². The topological polar surface area (TPSA) is 89.8 Å². The highest BCUT2D eigenvalue weighted by molar-refractivity contribution is 5.76. The molecule has 3 atom stereocenters. The molecule has 0 saturated carbocycles. The van der Waals surface area contributed by atoms with Crippen molar-refractivity contribution in [3.8, 4) is 0 Å². The molecule has 0 saturated heterocycles. The van der Waals surface area contributed by atoms with Crippen molar-refractivity contribution in [3.05, 3.63) is 12.2 Å². The van der Waals surface area contributed by atoms with Gasteiger partial charge in [-0.3, -0.25) is 4.79 Å². The summed E-state index contributed by atoms with van der Waals surface area (Å²) in [7, 11) is 0. The van der Waals surface area contributed by atoms with Gasteiger partial charge >= 0.3 is 0 Å². The van der Waals surface area contributed by atoms with E-state index in [4.69, 9.17) is 0 Å². The van der Waals surface area contributed by atoms with Crippen LogP contribution in [0.15, 0.2) is 12.2 Å². The molecule has 0 radical (unpaired) electrons. The monoisotopic (exact) mass is 638 g/mol. The van der Waals surface area contributed by atoms with Crippen LogP contribution in [0.1, 0.15) is 213 Å². The van der Waals surface area contributed by atoms with Crippen molar-refractivity contribution in [1.82, 2.24) is 5.32 Å². The Kier molecular flexibility index (Phi) is 35.2. The van der Waals surface area contributed by atoms with E-state index in [-0.39, 0.29) is 18.9 Å². The van der Waals surface area contributed by atoms with Gasteiger partial charge in [0.05, 0.1) is 31.3 Å². The van der Waals surface area contributed by atoms with E-state index >= 15 is 0 Å². The summed E-state index contributed by atoms with van der Waals surface area (Å²) in [4.78, 5) is 12.4.